The summed E-state index contributed by atoms with van der Waals surface area (Å²) in [6.07, 6.45) is 0. The van der Waals surface area contributed by atoms with Gasteiger partial charge in [-0.3, -0.25) is 14.9 Å². The minimum Gasteiger partial charge on any atom is -0.481 e. The molecule has 0 aliphatic rings. The van der Waals surface area contributed by atoms with E-state index in [0.29, 0.717) is 11.1 Å². The number of halogens is 1. The number of benzene rings is 1. The lowest BCUT2D eigenvalue weighted by Gasteiger charge is -2.09. The van der Waals surface area contributed by atoms with Crippen molar-refractivity contribution in [1.82, 2.24) is 9.97 Å². The highest BCUT2D eigenvalue weighted by Crippen LogP contribution is 2.31. The molecule has 2 rings (SSSR count). The van der Waals surface area contributed by atoms with E-state index in [1.807, 2.05) is 0 Å². The highest BCUT2D eigenvalue weighted by Gasteiger charge is 2.28. The maximum atomic E-state index is 12.9. The Hall–Kier alpha value is -2.59. The monoisotopic (exact) mass is 425 g/mol. The number of carbonyl (C=O) groups excluding carboxylic acids is 1. The Bertz CT molecular complexity index is 821. The third-order valence-corrected chi connectivity index (χ3v) is 3.80. The van der Waals surface area contributed by atoms with Gasteiger partial charge in [0.1, 0.15) is 5.56 Å². The van der Waals surface area contributed by atoms with E-state index in [-0.39, 0.29) is 41.0 Å². The fourth-order valence-electron chi connectivity index (χ4n) is 2.20. The molecular weight excluding hydrogens is 410 g/mol. The number of carbonyl (C=O) groups is 1. The van der Waals surface area contributed by atoms with Crippen molar-refractivity contribution in [3.63, 3.8) is 0 Å². The predicted molar refractivity (Wildman–Crippen MR) is 94.7 cm³/mol. The highest BCUT2D eigenvalue weighted by molar-refractivity contribution is 9.10. The Kier molecular flexibility index (Phi) is 6.58. The standard InChI is InChI=1S/C16H16BrN3O6/c1-4-26-8-9-5-10(17)6-11(14(9)20(22)23)15(21)16-18-12(24-2)7-13(19-16)25-3/h5-7H,4,8H2,1-3H3. The van der Waals surface area contributed by atoms with Gasteiger partial charge in [0.05, 0.1) is 37.4 Å². The number of rotatable bonds is 8. The first-order valence-electron chi connectivity index (χ1n) is 7.47. The molecule has 1 heterocycles. The van der Waals surface area contributed by atoms with Crippen LogP contribution in [0.3, 0.4) is 0 Å². The summed E-state index contributed by atoms with van der Waals surface area (Å²) in [5.74, 6) is -0.794. The summed E-state index contributed by atoms with van der Waals surface area (Å²) in [5, 5.41) is 11.6. The van der Waals surface area contributed by atoms with Crippen LogP contribution >= 0.6 is 15.9 Å². The molecule has 1 aromatic heterocycles. The first kappa shape index (κ1) is 19.7. The average molecular weight is 426 g/mol. The van der Waals surface area contributed by atoms with Crippen LogP contribution in [0, 0.1) is 10.1 Å². The van der Waals surface area contributed by atoms with Crippen molar-refractivity contribution in [2.45, 2.75) is 13.5 Å². The topological polar surface area (TPSA) is 114 Å². The van der Waals surface area contributed by atoms with Gasteiger partial charge < -0.3 is 14.2 Å². The minimum atomic E-state index is -0.729. The van der Waals surface area contributed by atoms with Gasteiger partial charge in [-0.15, -0.1) is 0 Å². The predicted octanol–water partition coefficient (Wildman–Crippen LogP) is 2.93. The van der Waals surface area contributed by atoms with Crippen molar-refractivity contribution < 1.29 is 23.9 Å². The smallest absolute Gasteiger partial charge is 0.286 e. The summed E-state index contributed by atoms with van der Waals surface area (Å²) >= 11 is 3.26. The van der Waals surface area contributed by atoms with Crippen LogP contribution in [0.15, 0.2) is 22.7 Å². The molecule has 0 fully saturated rings. The minimum absolute atomic E-state index is 0.00514. The third-order valence-electron chi connectivity index (χ3n) is 3.34. The fourth-order valence-corrected chi connectivity index (χ4v) is 2.71. The molecule has 0 saturated heterocycles. The summed E-state index contributed by atoms with van der Waals surface area (Å²) in [6.45, 7) is 2.14. The molecule has 26 heavy (non-hydrogen) atoms. The van der Waals surface area contributed by atoms with E-state index in [1.165, 1.54) is 32.4 Å². The van der Waals surface area contributed by atoms with Gasteiger partial charge in [0, 0.05) is 11.1 Å². The lowest BCUT2D eigenvalue weighted by molar-refractivity contribution is -0.386. The lowest BCUT2D eigenvalue weighted by atomic mass is 10.0. The SMILES string of the molecule is CCOCc1cc(Br)cc(C(=O)c2nc(OC)cc(OC)n2)c1[N+](=O)[O-]. The Balaban J connectivity index is 2.61. The molecule has 0 aliphatic heterocycles. The Morgan fingerprint density at radius 1 is 1.19 bits per heavy atom. The summed E-state index contributed by atoms with van der Waals surface area (Å²) in [6, 6.07) is 4.29. The molecule has 0 bridgehead atoms. The number of nitrogens with zero attached hydrogens (tertiary/aromatic N) is 3. The van der Waals surface area contributed by atoms with Crippen LogP contribution in [-0.2, 0) is 11.3 Å². The molecule has 138 valence electrons. The van der Waals surface area contributed by atoms with Crippen molar-refractivity contribution in [3.05, 3.63) is 49.7 Å². The Labute approximate surface area is 157 Å². The van der Waals surface area contributed by atoms with Crippen molar-refractivity contribution in [3.8, 4) is 11.8 Å². The molecule has 9 nitrogen and oxygen atoms in total. The van der Waals surface area contributed by atoms with E-state index in [0.717, 1.165) is 0 Å². The maximum Gasteiger partial charge on any atom is 0.286 e. The molecule has 0 saturated carbocycles. The molecule has 1 aromatic carbocycles. The van der Waals surface area contributed by atoms with Crippen LogP contribution in [0.2, 0.25) is 0 Å². The van der Waals surface area contributed by atoms with E-state index >= 15 is 0 Å². The molecule has 0 aliphatic carbocycles. The molecule has 0 unspecified atom stereocenters. The zero-order chi connectivity index (χ0) is 19.3. The van der Waals surface area contributed by atoms with Gasteiger partial charge in [-0.1, -0.05) is 15.9 Å². The number of nitro groups is 1. The van der Waals surface area contributed by atoms with E-state index in [9.17, 15) is 14.9 Å². The van der Waals surface area contributed by atoms with E-state index in [4.69, 9.17) is 14.2 Å². The van der Waals surface area contributed by atoms with Crippen molar-refractivity contribution in [2.75, 3.05) is 20.8 Å². The Morgan fingerprint density at radius 3 is 2.31 bits per heavy atom. The second-order valence-electron chi connectivity index (χ2n) is 4.96. The van der Waals surface area contributed by atoms with Crippen molar-refractivity contribution in [2.24, 2.45) is 0 Å². The second-order valence-corrected chi connectivity index (χ2v) is 5.88. The van der Waals surface area contributed by atoms with Crippen LogP contribution in [0.25, 0.3) is 0 Å². The molecular formula is C16H16BrN3O6. The third kappa shape index (κ3) is 4.33. The van der Waals surface area contributed by atoms with Gasteiger partial charge in [-0.2, -0.15) is 9.97 Å². The van der Waals surface area contributed by atoms with Crippen molar-refractivity contribution in [1.29, 1.82) is 0 Å². The first-order chi connectivity index (χ1) is 12.4. The molecule has 0 radical (unpaired) electrons. The van der Waals surface area contributed by atoms with Gasteiger partial charge in [0.15, 0.2) is 0 Å². The van der Waals surface area contributed by atoms with Gasteiger partial charge in [0.25, 0.3) is 5.69 Å². The number of ether oxygens (including phenoxy) is 3. The Morgan fingerprint density at radius 2 is 1.81 bits per heavy atom. The molecule has 10 heteroatoms. The normalized spacial score (nSPS) is 10.5. The van der Waals surface area contributed by atoms with Gasteiger partial charge >= 0.3 is 0 Å². The number of hydrogen-bond donors (Lipinski definition) is 0. The van der Waals surface area contributed by atoms with Gasteiger partial charge in [-0.25, -0.2) is 0 Å². The quantitative estimate of drug-likeness (QED) is 0.360. The number of ketones is 1. The molecule has 0 spiro atoms. The highest BCUT2D eigenvalue weighted by atomic mass is 79.9. The molecule has 2 aromatic rings. The van der Waals surface area contributed by atoms with Crippen LogP contribution in [0.1, 0.15) is 28.7 Å². The summed E-state index contributed by atoms with van der Waals surface area (Å²) in [7, 11) is 2.75. The van der Waals surface area contributed by atoms with Crippen LogP contribution in [0.4, 0.5) is 5.69 Å². The zero-order valence-electron chi connectivity index (χ0n) is 14.3. The van der Waals surface area contributed by atoms with Gasteiger partial charge in [0.2, 0.25) is 23.4 Å². The average Bonchev–Trinajstić information content (AvgIpc) is 2.64. The molecule has 0 N–H and O–H groups in total. The van der Waals surface area contributed by atoms with E-state index in [1.54, 1.807) is 6.92 Å². The van der Waals surface area contributed by atoms with E-state index < -0.39 is 10.7 Å². The van der Waals surface area contributed by atoms with Crippen LogP contribution < -0.4 is 9.47 Å². The zero-order valence-corrected chi connectivity index (χ0v) is 15.9. The maximum absolute atomic E-state index is 12.9. The van der Waals surface area contributed by atoms with Gasteiger partial charge in [-0.05, 0) is 19.1 Å². The largest absolute Gasteiger partial charge is 0.481 e. The number of aromatic nitrogens is 2. The van der Waals surface area contributed by atoms with Crippen molar-refractivity contribution >= 4 is 27.4 Å². The van der Waals surface area contributed by atoms with E-state index in [2.05, 4.69) is 25.9 Å². The summed E-state index contributed by atoms with van der Waals surface area (Å²) in [4.78, 5) is 31.8. The number of nitro benzene ring substituents is 1. The summed E-state index contributed by atoms with van der Waals surface area (Å²) < 4.78 is 15.8. The van der Waals surface area contributed by atoms with Crippen LogP contribution in [-0.4, -0.2) is 41.5 Å². The number of hydrogen-bond acceptors (Lipinski definition) is 8. The number of methoxy groups -OCH3 is 2. The van der Waals surface area contributed by atoms with Crippen LogP contribution in [0.5, 0.6) is 11.8 Å². The lowest BCUT2D eigenvalue weighted by Crippen LogP contribution is -2.13. The molecule has 0 amide bonds. The molecule has 0 atom stereocenters. The summed E-state index contributed by atoms with van der Waals surface area (Å²) in [5.41, 5.74) is -0.240. The fraction of sp³-hybridized carbons (Fsp3) is 0.312. The first-order valence-corrected chi connectivity index (χ1v) is 8.26. The second kappa shape index (κ2) is 8.68.